The molecule has 1 aliphatic heterocycles. The topological polar surface area (TPSA) is 69.2 Å². The lowest BCUT2D eigenvalue weighted by atomic mass is 10.5. The van der Waals surface area contributed by atoms with E-state index in [1.54, 1.807) is 0 Å². The largest absolute Gasteiger partial charge is 0.467 e. The second-order valence-corrected chi connectivity index (χ2v) is 6.14. The molecule has 0 bridgehead atoms. The van der Waals surface area contributed by atoms with Crippen LogP contribution in [-0.4, -0.2) is 58.2 Å². The molecule has 0 aliphatic carbocycles. The molecule has 2 rings (SSSR count). The number of nitrogens with one attached hydrogen (secondary N) is 1. The average molecular weight is 288 g/mol. The van der Waals surface area contributed by atoms with Crippen molar-refractivity contribution in [1.29, 1.82) is 0 Å². The smallest absolute Gasteiger partial charge is 0.324 e. The van der Waals surface area contributed by atoms with Crippen LogP contribution >= 0.6 is 23.5 Å². The number of nitrogens with zero attached hydrogens (tertiary/aromatic N) is 3. The van der Waals surface area contributed by atoms with Crippen molar-refractivity contribution in [2.75, 3.05) is 43.3 Å². The number of hydrogen-bond acceptors (Lipinski definition) is 8. The van der Waals surface area contributed by atoms with Gasteiger partial charge in [0.15, 0.2) is 0 Å². The van der Waals surface area contributed by atoms with Crippen molar-refractivity contribution in [2.45, 2.75) is 5.25 Å². The Morgan fingerprint density at radius 1 is 1.17 bits per heavy atom. The van der Waals surface area contributed by atoms with E-state index >= 15 is 0 Å². The zero-order valence-corrected chi connectivity index (χ0v) is 12.0. The van der Waals surface area contributed by atoms with Gasteiger partial charge in [-0.1, -0.05) is 0 Å². The Labute approximate surface area is 115 Å². The summed E-state index contributed by atoms with van der Waals surface area (Å²) in [4.78, 5) is 12.2. The third-order valence-electron chi connectivity index (χ3n) is 2.33. The van der Waals surface area contributed by atoms with Gasteiger partial charge in [0.1, 0.15) is 0 Å². The maximum Gasteiger partial charge on any atom is 0.324 e. The Morgan fingerprint density at radius 3 is 2.44 bits per heavy atom. The molecule has 1 fully saturated rings. The van der Waals surface area contributed by atoms with Gasteiger partial charge in [-0.05, 0) is 0 Å². The normalized spacial score (nSPS) is 19.3. The molecule has 0 radical (unpaired) electrons. The summed E-state index contributed by atoms with van der Waals surface area (Å²) in [7, 11) is 3.04. The monoisotopic (exact) mass is 288 g/mol. The van der Waals surface area contributed by atoms with Gasteiger partial charge in [-0.15, -0.1) is 4.98 Å². The van der Waals surface area contributed by atoms with Crippen LogP contribution in [0.15, 0.2) is 0 Å². The molecular formula is C10H16N4O2S2. The van der Waals surface area contributed by atoms with E-state index in [4.69, 9.17) is 9.47 Å². The first-order valence-corrected chi connectivity index (χ1v) is 7.79. The molecule has 18 heavy (non-hydrogen) atoms. The summed E-state index contributed by atoms with van der Waals surface area (Å²) < 4.78 is 10.00. The molecular weight excluding hydrogens is 272 g/mol. The number of hydrogen-bond donors (Lipinski definition) is 1. The predicted octanol–water partition coefficient (Wildman–Crippen LogP) is 1.15. The summed E-state index contributed by atoms with van der Waals surface area (Å²) in [5.41, 5.74) is 0. The molecule has 0 amide bonds. The van der Waals surface area contributed by atoms with Crippen molar-refractivity contribution in [3.63, 3.8) is 0 Å². The number of anilines is 1. The second kappa shape index (κ2) is 6.89. The predicted molar refractivity (Wildman–Crippen MR) is 75.0 cm³/mol. The van der Waals surface area contributed by atoms with E-state index in [2.05, 4.69) is 20.3 Å². The third kappa shape index (κ3) is 3.81. The van der Waals surface area contributed by atoms with Crippen molar-refractivity contribution in [1.82, 2.24) is 15.0 Å². The minimum absolute atomic E-state index is 0.259. The number of ether oxygens (including phenoxy) is 2. The van der Waals surface area contributed by atoms with Crippen molar-refractivity contribution >= 4 is 29.5 Å². The number of methoxy groups -OCH3 is 2. The lowest BCUT2D eigenvalue weighted by Gasteiger charge is -2.21. The molecule has 1 aromatic rings. The molecule has 100 valence electrons. The van der Waals surface area contributed by atoms with E-state index in [0.717, 1.165) is 12.3 Å². The van der Waals surface area contributed by atoms with Crippen molar-refractivity contribution < 1.29 is 9.47 Å². The maximum absolute atomic E-state index is 5.00. The van der Waals surface area contributed by atoms with Crippen LogP contribution in [0.5, 0.6) is 12.0 Å². The van der Waals surface area contributed by atoms with Crippen molar-refractivity contribution in [3.05, 3.63) is 0 Å². The van der Waals surface area contributed by atoms with Crippen LogP contribution in [0.3, 0.4) is 0 Å². The van der Waals surface area contributed by atoms with Gasteiger partial charge in [0, 0.05) is 29.1 Å². The van der Waals surface area contributed by atoms with Gasteiger partial charge >= 0.3 is 12.0 Å². The Balaban J connectivity index is 1.94. The first-order chi connectivity index (χ1) is 8.81. The molecule has 0 saturated carbocycles. The van der Waals surface area contributed by atoms with Gasteiger partial charge < -0.3 is 14.8 Å². The molecule has 2 heterocycles. The highest BCUT2D eigenvalue weighted by atomic mass is 32.2. The van der Waals surface area contributed by atoms with Gasteiger partial charge in [0.05, 0.1) is 14.2 Å². The summed E-state index contributed by atoms with van der Waals surface area (Å²) in [5.74, 6) is 4.11. The molecule has 8 heteroatoms. The van der Waals surface area contributed by atoms with Gasteiger partial charge in [0.25, 0.3) is 0 Å². The van der Waals surface area contributed by atoms with Crippen LogP contribution in [0.4, 0.5) is 5.95 Å². The standard InChI is InChI=1S/C10H16N4O2S2/c1-15-9-12-8(13-10(14-9)16-2)11-5-7-6-17-3-4-18-7/h7H,3-6H2,1-2H3,(H,11,12,13,14). The molecule has 6 nitrogen and oxygen atoms in total. The molecule has 1 atom stereocenters. The zero-order valence-electron chi connectivity index (χ0n) is 10.4. The number of aromatic nitrogens is 3. The quantitative estimate of drug-likeness (QED) is 0.865. The van der Waals surface area contributed by atoms with Crippen LogP contribution in [0.2, 0.25) is 0 Å². The van der Waals surface area contributed by atoms with E-state index in [1.807, 2.05) is 23.5 Å². The van der Waals surface area contributed by atoms with E-state index in [0.29, 0.717) is 11.2 Å². The number of rotatable bonds is 5. The fourth-order valence-electron chi connectivity index (χ4n) is 1.46. The Bertz CT molecular complexity index is 366. The van der Waals surface area contributed by atoms with Gasteiger partial charge in [0.2, 0.25) is 5.95 Å². The molecule has 1 aromatic heterocycles. The Kier molecular flexibility index (Phi) is 5.18. The molecule has 1 N–H and O–H groups in total. The fourth-order valence-corrected chi connectivity index (χ4v) is 4.07. The highest BCUT2D eigenvalue weighted by molar-refractivity contribution is 8.06. The average Bonchev–Trinajstić information content (AvgIpc) is 2.45. The van der Waals surface area contributed by atoms with Crippen LogP contribution in [0.25, 0.3) is 0 Å². The van der Waals surface area contributed by atoms with E-state index in [-0.39, 0.29) is 12.0 Å². The first kappa shape index (κ1) is 13.5. The Morgan fingerprint density at radius 2 is 1.89 bits per heavy atom. The van der Waals surface area contributed by atoms with Gasteiger partial charge in [-0.2, -0.15) is 33.5 Å². The summed E-state index contributed by atoms with van der Waals surface area (Å²) in [6, 6.07) is 0.519. The van der Waals surface area contributed by atoms with E-state index in [1.165, 1.54) is 25.7 Å². The van der Waals surface area contributed by atoms with Crippen LogP contribution < -0.4 is 14.8 Å². The summed E-state index contributed by atoms with van der Waals surface area (Å²) >= 11 is 3.98. The fraction of sp³-hybridized carbons (Fsp3) is 0.700. The van der Waals surface area contributed by atoms with E-state index < -0.39 is 0 Å². The van der Waals surface area contributed by atoms with Crippen molar-refractivity contribution in [2.24, 2.45) is 0 Å². The zero-order chi connectivity index (χ0) is 12.8. The van der Waals surface area contributed by atoms with Crippen molar-refractivity contribution in [3.8, 4) is 12.0 Å². The van der Waals surface area contributed by atoms with Crippen LogP contribution in [0.1, 0.15) is 0 Å². The second-order valence-electron chi connectivity index (χ2n) is 3.58. The number of thioether (sulfide) groups is 2. The Hall–Kier alpha value is -0.890. The lowest BCUT2D eigenvalue weighted by molar-refractivity contribution is 0.341. The summed E-state index contributed by atoms with van der Waals surface area (Å²) in [5, 5.41) is 3.80. The third-order valence-corrected chi connectivity index (χ3v) is 5.18. The lowest BCUT2D eigenvalue weighted by Crippen LogP contribution is -2.24. The highest BCUT2D eigenvalue weighted by Crippen LogP contribution is 2.24. The van der Waals surface area contributed by atoms with Crippen LogP contribution in [-0.2, 0) is 0 Å². The van der Waals surface area contributed by atoms with Gasteiger partial charge in [-0.3, -0.25) is 0 Å². The molecule has 1 saturated heterocycles. The molecule has 1 aliphatic rings. The molecule has 1 unspecified atom stereocenters. The molecule has 0 spiro atoms. The minimum atomic E-state index is 0.259. The summed E-state index contributed by atoms with van der Waals surface area (Å²) in [6.07, 6.45) is 0. The summed E-state index contributed by atoms with van der Waals surface area (Å²) in [6.45, 7) is 0.841. The maximum atomic E-state index is 5.00. The first-order valence-electron chi connectivity index (χ1n) is 5.59. The van der Waals surface area contributed by atoms with Crippen LogP contribution in [0, 0.1) is 0 Å². The van der Waals surface area contributed by atoms with Gasteiger partial charge in [-0.25, -0.2) is 0 Å². The highest BCUT2D eigenvalue weighted by Gasteiger charge is 2.15. The SMILES string of the molecule is COc1nc(NCC2CSCCS2)nc(OC)n1. The van der Waals surface area contributed by atoms with E-state index in [9.17, 15) is 0 Å². The molecule has 0 aromatic carbocycles. The minimum Gasteiger partial charge on any atom is -0.467 e.